The number of benzene rings is 1. The molecule has 116 valence electrons. The summed E-state index contributed by atoms with van der Waals surface area (Å²) in [6.45, 7) is 2.12. The van der Waals surface area contributed by atoms with Gasteiger partial charge in [0.25, 0.3) is 0 Å². The topological polar surface area (TPSA) is 24.4 Å². The molecule has 1 aromatic rings. The van der Waals surface area contributed by atoms with E-state index in [4.69, 9.17) is 11.6 Å². The van der Waals surface area contributed by atoms with E-state index in [0.29, 0.717) is 10.9 Å². The number of anilines is 1. The van der Waals surface area contributed by atoms with Crippen molar-refractivity contribution in [2.24, 2.45) is 4.99 Å². The predicted molar refractivity (Wildman–Crippen MR) is 83.3 cm³/mol. The maximum Gasteiger partial charge on any atom is 0.417 e. The van der Waals surface area contributed by atoms with Gasteiger partial charge in [-0.25, -0.2) is 0 Å². The lowest BCUT2D eigenvalue weighted by atomic mass is 10.1. The van der Waals surface area contributed by atoms with Crippen LogP contribution in [0.5, 0.6) is 0 Å². The van der Waals surface area contributed by atoms with Crippen LogP contribution in [0.3, 0.4) is 0 Å². The van der Waals surface area contributed by atoms with E-state index in [1.165, 1.54) is 23.9 Å². The van der Waals surface area contributed by atoms with E-state index in [0.717, 1.165) is 31.1 Å². The first kappa shape index (κ1) is 16.5. The predicted octanol–water partition coefficient (Wildman–Crippen LogP) is 5.43. The molecule has 1 N–H and O–H groups in total. The van der Waals surface area contributed by atoms with Gasteiger partial charge in [0.05, 0.1) is 16.6 Å². The molecule has 2 nitrogen and oxygen atoms in total. The van der Waals surface area contributed by atoms with Crippen molar-refractivity contribution in [2.75, 3.05) is 11.1 Å². The average molecular weight is 337 g/mol. The highest BCUT2D eigenvalue weighted by molar-refractivity contribution is 8.14. The molecule has 21 heavy (non-hydrogen) atoms. The number of thioether (sulfide) groups is 1. The highest BCUT2D eigenvalue weighted by Gasteiger charge is 2.33. The minimum absolute atomic E-state index is 0.256. The molecule has 0 amide bonds. The van der Waals surface area contributed by atoms with Gasteiger partial charge in [0.15, 0.2) is 5.17 Å². The van der Waals surface area contributed by atoms with Crippen LogP contribution in [-0.4, -0.2) is 17.0 Å². The molecule has 1 unspecified atom stereocenters. The minimum Gasteiger partial charge on any atom is -0.335 e. The number of nitrogens with one attached hydrogen (secondary N) is 1. The first-order valence-electron chi connectivity index (χ1n) is 6.74. The molecule has 0 bridgehead atoms. The quantitative estimate of drug-likeness (QED) is 0.792. The van der Waals surface area contributed by atoms with Crippen molar-refractivity contribution in [3.8, 4) is 0 Å². The molecule has 0 saturated carbocycles. The monoisotopic (exact) mass is 336 g/mol. The fourth-order valence-electron chi connectivity index (χ4n) is 2.02. The van der Waals surface area contributed by atoms with Gasteiger partial charge in [-0.15, -0.1) is 0 Å². The van der Waals surface area contributed by atoms with Crippen molar-refractivity contribution >= 4 is 34.2 Å². The van der Waals surface area contributed by atoms with Crippen molar-refractivity contribution in [3.05, 3.63) is 28.8 Å². The number of aliphatic imine (C=N–C) groups is 1. The Kier molecular flexibility index (Phi) is 5.43. The van der Waals surface area contributed by atoms with E-state index < -0.39 is 11.7 Å². The Bertz CT molecular complexity index is 531. The van der Waals surface area contributed by atoms with Gasteiger partial charge in [0.2, 0.25) is 0 Å². The van der Waals surface area contributed by atoms with Gasteiger partial charge < -0.3 is 5.32 Å². The standard InChI is InChI=1S/C14H16ClF3N2S/c1-2-3-4-10-8-21-13(20-10)19-9-5-6-12(15)11(7-9)14(16,17)18/h5-7,10H,2-4,8H2,1H3,(H,19,20). The summed E-state index contributed by atoms with van der Waals surface area (Å²) in [6.07, 6.45) is -1.21. The van der Waals surface area contributed by atoms with Gasteiger partial charge in [-0.05, 0) is 24.6 Å². The minimum atomic E-state index is -4.46. The van der Waals surface area contributed by atoms with Crippen LogP contribution in [0.1, 0.15) is 31.7 Å². The van der Waals surface area contributed by atoms with E-state index in [1.54, 1.807) is 0 Å². The Hall–Kier alpha value is -0.880. The molecular formula is C14H16ClF3N2S. The number of halogens is 4. The third-order valence-electron chi connectivity index (χ3n) is 3.13. The number of rotatable bonds is 4. The molecule has 0 spiro atoms. The van der Waals surface area contributed by atoms with E-state index >= 15 is 0 Å². The zero-order valence-electron chi connectivity index (χ0n) is 11.5. The Morgan fingerprint density at radius 3 is 2.86 bits per heavy atom. The first-order chi connectivity index (χ1) is 9.90. The summed E-state index contributed by atoms with van der Waals surface area (Å²) in [4.78, 5) is 4.49. The third-order valence-corrected chi connectivity index (χ3v) is 4.49. The molecule has 0 radical (unpaired) electrons. The van der Waals surface area contributed by atoms with E-state index in [-0.39, 0.29) is 11.1 Å². The van der Waals surface area contributed by atoms with Crippen LogP contribution in [0.4, 0.5) is 18.9 Å². The molecule has 0 fully saturated rings. The molecule has 1 heterocycles. The number of hydrogen-bond acceptors (Lipinski definition) is 3. The van der Waals surface area contributed by atoms with Gasteiger partial charge in [-0.2, -0.15) is 13.2 Å². The van der Waals surface area contributed by atoms with Crippen LogP contribution in [0.15, 0.2) is 23.2 Å². The number of unbranched alkanes of at least 4 members (excludes halogenated alkanes) is 1. The van der Waals surface area contributed by atoms with Gasteiger partial charge >= 0.3 is 6.18 Å². The van der Waals surface area contributed by atoms with Crippen molar-refractivity contribution in [1.82, 2.24) is 0 Å². The molecule has 7 heteroatoms. The summed E-state index contributed by atoms with van der Waals surface area (Å²) in [5, 5.41) is 3.32. The maximum atomic E-state index is 12.8. The number of amidine groups is 1. The Morgan fingerprint density at radius 2 is 2.19 bits per heavy atom. The van der Waals surface area contributed by atoms with Crippen LogP contribution >= 0.6 is 23.4 Å². The molecule has 2 rings (SSSR count). The molecule has 1 aliphatic heterocycles. The van der Waals surface area contributed by atoms with Gasteiger partial charge in [-0.1, -0.05) is 43.1 Å². The van der Waals surface area contributed by atoms with Crippen LogP contribution in [0.25, 0.3) is 0 Å². The van der Waals surface area contributed by atoms with E-state index in [2.05, 4.69) is 17.2 Å². The Labute approximate surface area is 131 Å². The van der Waals surface area contributed by atoms with Crippen LogP contribution in [-0.2, 0) is 6.18 Å². The normalized spacial score (nSPS) is 18.7. The molecule has 1 aromatic carbocycles. The third kappa shape index (κ3) is 4.54. The van der Waals surface area contributed by atoms with Crippen LogP contribution in [0, 0.1) is 0 Å². The fraction of sp³-hybridized carbons (Fsp3) is 0.500. The summed E-state index contributed by atoms with van der Waals surface area (Å²) < 4.78 is 38.4. The Morgan fingerprint density at radius 1 is 1.43 bits per heavy atom. The summed E-state index contributed by atoms with van der Waals surface area (Å²) in [6, 6.07) is 4.05. The summed E-state index contributed by atoms with van der Waals surface area (Å²) in [7, 11) is 0. The second kappa shape index (κ2) is 6.92. The number of hydrogen-bond donors (Lipinski definition) is 1. The smallest absolute Gasteiger partial charge is 0.335 e. The molecule has 0 aromatic heterocycles. The molecular weight excluding hydrogens is 321 g/mol. The average Bonchev–Trinajstić information content (AvgIpc) is 2.85. The van der Waals surface area contributed by atoms with Crippen molar-refractivity contribution in [3.63, 3.8) is 0 Å². The summed E-state index contributed by atoms with van der Waals surface area (Å²) in [5.74, 6) is 0.877. The molecule has 0 saturated heterocycles. The second-order valence-electron chi connectivity index (χ2n) is 4.86. The highest BCUT2D eigenvalue weighted by Crippen LogP contribution is 2.36. The van der Waals surface area contributed by atoms with E-state index in [1.807, 2.05) is 0 Å². The lowest BCUT2D eigenvalue weighted by molar-refractivity contribution is -0.137. The van der Waals surface area contributed by atoms with Gasteiger partial charge in [0, 0.05) is 11.4 Å². The second-order valence-corrected chi connectivity index (χ2v) is 6.27. The van der Waals surface area contributed by atoms with Crippen molar-refractivity contribution in [1.29, 1.82) is 0 Å². The summed E-state index contributed by atoms with van der Waals surface area (Å²) >= 11 is 7.13. The van der Waals surface area contributed by atoms with Crippen molar-refractivity contribution < 1.29 is 13.2 Å². The largest absolute Gasteiger partial charge is 0.417 e. The first-order valence-corrected chi connectivity index (χ1v) is 8.11. The number of nitrogens with zero attached hydrogens (tertiary/aromatic N) is 1. The van der Waals surface area contributed by atoms with Gasteiger partial charge in [0.1, 0.15) is 0 Å². The number of alkyl halides is 3. The lowest BCUT2D eigenvalue weighted by Crippen LogP contribution is -2.09. The molecule has 1 atom stereocenters. The zero-order chi connectivity index (χ0) is 15.5. The maximum absolute atomic E-state index is 12.8. The SMILES string of the molecule is CCCCC1CSC(Nc2ccc(Cl)c(C(F)(F)F)c2)=N1. The van der Waals surface area contributed by atoms with Gasteiger partial charge in [-0.3, -0.25) is 4.99 Å². The van der Waals surface area contributed by atoms with Crippen molar-refractivity contribution in [2.45, 2.75) is 38.4 Å². The molecule has 0 aliphatic carbocycles. The Balaban J connectivity index is 2.07. The molecule has 1 aliphatic rings. The van der Waals surface area contributed by atoms with E-state index in [9.17, 15) is 13.2 Å². The summed E-state index contributed by atoms with van der Waals surface area (Å²) in [5.41, 5.74) is -0.477. The lowest BCUT2D eigenvalue weighted by Gasteiger charge is -2.11. The highest BCUT2D eigenvalue weighted by atomic mass is 35.5. The van der Waals surface area contributed by atoms with Crippen LogP contribution < -0.4 is 5.32 Å². The van der Waals surface area contributed by atoms with Crippen LogP contribution in [0.2, 0.25) is 5.02 Å². The fourth-order valence-corrected chi connectivity index (χ4v) is 3.24. The zero-order valence-corrected chi connectivity index (χ0v) is 13.1.